The quantitative estimate of drug-likeness (QED) is 0.872. The minimum Gasteiger partial charge on any atom is -0.274 e. The number of carbonyl (C=O) groups is 1. The number of hydrogen-bond acceptors (Lipinski definition) is 3. The Kier molecular flexibility index (Phi) is 4.42. The standard InChI is InChI=1S/C14H18FNO3S/c1-10-4-2-5-11(8-10)12-9-13(12)14(17)16-20(18,19)7-3-6-15/h2,4-5,8,12-13H,3,6-7,9H2,1H3,(H,16,17)/t12-,13-/m0/s1. The summed E-state index contributed by atoms with van der Waals surface area (Å²) in [6.07, 6.45) is 0.572. The smallest absolute Gasteiger partial charge is 0.237 e. The van der Waals surface area contributed by atoms with E-state index in [2.05, 4.69) is 0 Å². The number of nitrogens with one attached hydrogen (secondary N) is 1. The van der Waals surface area contributed by atoms with Crippen molar-refractivity contribution in [1.82, 2.24) is 4.72 Å². The van der Waals surface area contributed by atoms with Gasteiger partial charge in [0.25, 0.3) is 0 Å². The van der Waals surface area contributed by atoms with Gasteiger partial charge in [-0.05, 0) is 31.2 Å². The first-order valence-electron chi connectivity index (χ1n) is 6.60. The molecular weight excluding hydrogens is 281 g/mol. The Bertz CT molecular complexity index is 600. The van der Waals surface area contributed by atoms with E-state index >= 15 is 0 Å². The molecule has 110 valence electrons. The van der Waals surface area contributed by atoms with Gasteiger partial charge in [0.2, 0.25) is 15.9 Å². The molecule has 0 heterocycles. The van der Waals surface area contributed by atoms with Crippen LogP contribution < -0.4 is 4.72 Å². The van der Waals surface area contributed by atoms with Gasteiger partial charge in [0.05, 0.1) is 12.4 Å². The summed E-state index contributed by atoms with van der Waals surface area (Å²) in [5, 5.41) is 0. The second-order valence-electron chi connectivity index (χ2n) is 5.19. The number of alkyl halides is 1. The van der Waals surface area contributed by atoms with Gasteiger partial charge in [-0.15, -0.1) is 0 Å². The summed E-state index contributed by atoms with van der Waals surface area (Å²) < 4.78 is 37.1. The van der Waals surface area contributed by atoms with Crippen LogP contribution >= 0.6 is 0 Å². The van der Waals surface area contributed by atoms with E-state index in [0.717, 1.165) is 11.1 Å². The molecule has 1 aromatic rings. The van der Waals surface area contributed by atoms with E-state index in [1.165, 1.54) is 0 Å². The lowest BCUT2D eigenvalue weighted by Crippen LogP contribution is -2.34. The third-order valence-electron chi connectivity index (χ3n) is 3.40. The van der Waals surface area contributed by atoms with Crippen molar-refractivity contribution in [3.63, 3.8) is 0 Å². The maximum absolute atomic E-state index is 12.0. The molecule has 2 atom stereocenters. The predicted octanol–water partition coefficient (Wildman–Crippen LogP) is 1.90. The number of aryl methyl sites for hydroxylation is 1. The minimum absolute atomic E-state index is 0.0887. The summed E-state index contributed by atoms with van der Waals surface area (Å²) in [5.74, 6) is -1.03. The molecule has 20 heavy (non-hydrogen) atoms. The summed E-state index contributed by atoms with van der Waals surface area (Å²) in [5.41, 5.74) is 2.18. The fraction of sp³-hybridized carbons (Fsp3) is 0.500. The largest absolute Gasteiger partial charge is 0.274 e. The van der Waals surface area contributed by atoms with E-state index in [1.807, 2.05) is 35.9 Å². The zero-order valence-corrected chi connectivity index (χ0v) is 12.1. The zero-order chi connectivity index (χ0) is 14.8. The highest BCUT2D eigenvalue weighted by Gasteiger charge is 2.44. The van der Waals surface area contributed by atoms with E-state index in [1.54, 1.807) is 0 Å². The van der Waals surface area contributed by atoms with Crippen LogP contribution in [0.1, 0.15) is 29.9 Å². The molecule has 2 rings (SSSR count). The number of benzene rings is 1. The lowest BCUT2D eigenvalue weighted by molar-refractivity contribution is -0.120. The molecule has 0 aromatic heterocycles. The minimum atomic E-state index is -3.70. The van der Waals surface area contributed by atoms with Gasteiger partial charge in [-0.25, -0.2) is 8.42 Å². The second-order valence-corrected chi connectivity index (χ2v) is 7.03. The second kappa shape index (κ2) is 5.91. The van der Waals surface area contributed by atoms with Gasteiger partial charge in [-0.1, -0.05) is 29.8 Å². The molecule has 0 spiro atoms. The van der Waals surface area contributed by atoms with E-state index in [0.29, 0.717) is 6.42 Å². The summed E-state index contributed by atoms with van der Waals surface area (Å²) >= 11 is 0. The normalized spacial score (nSPS) is 21.5. The fourth-order valence-corrected chi connectivity index (χ4v) is 3.33. The van der Waals surface area contributed by atoms with Gasteiger partial charge in [0.15, 0.2) is 0 Å². The Morgan fingerprint density at radius 1 is 1.45 bits per heavy atom. The van der Waals surface area contributed by atoms with Crippen LogP contribution in [0.2, 0.25) is 0 Å². The van der Waals surface area contributed by atoms with Crippen molar-refractivity contribution in [2.75, 3.05) is 12.4 Å². The molecule has 1 saturated carbocycles. The Morgan fingerprint density at radius 2 is 2.20 bits per heavy atom. The SMILES string of the molecule is Cc1cccc([C@@H]2C[C@@H]2C(=O)NS(=O)(=O)CCCF)c1. The van der Waals surface area contributed by atoms with Gasteiger partial charge in [0.1, 0.15) is 0 Å². The van der Waals surface area contributed by atoms with Gasteiger partial charge in [-0.3, -0.25) is 13.9 Å². The van der Waals surface area contributed by atoms with Crippen molar-refractivity contribution in [2.45, 2.75) is 25.7 Å². The molecule has 6 heteroatoms. The molecule has 0 aliphatic heterocycles. The molecule has 0 bridgehead atoms. The van der Waals surface area contributed by atoms with Crippen molar-refractivity contribution in [3.8, 4) is 0 Å². The highest BCUT2D eigenvalue weighted by Crippen LogP contribution is 2.47. The maximum Gasteiger partial charge on any atom is 0.237 e. The monoisotopic (exact) mass is 299 g/mol. The third kappa shape index (κ3) is 3.79. The van der Waals surface area contributed by atoms with E-state index in [4.69, 9.17) is 0 Å². The topological polar surface area (TPSA) is 63.2 Å². The number of rotatable bonds is 6. The first-order valence-corrected chi connectivity index (χ1v) is 8.25. The molecule has 1 aliphatic carbocycles. The van der Waals surface area contributed by atoms with Crippen molar-refractivity contribution in [2.24, 2.45) is 5.92 Å². The van der Waals surface area contributed by atoms with E-state index in [-0.39, 0.29) is 24.0 Å². The van der Waals surface area contributed by atoms with Crippen LogP contribution in [0, 0.1) is 12.8 Å². The first kappa shape index (κ1) is 15.0. The fourth-order valence-electron chi connectivity index (χ4n) is 2.28. The first-order chi connectivity index (χ1) is 9.43. The summed E-state index contributed by atoms with van der Waals surface area (Å²) in [6.45, 7) is 1.27. The summed E-state index contributed by atoms with van der Waals surface area (Å²) in [6, 6.07) is 7.86. The van der Waals surface area contributed by atoms with Crippen LogP contribution in [0.5, 0.6) is 0 Å². The molecular formula is C14H18FNO3S. The predicted molar refractivity (Wildman–Crippen MR) is 74.5 cm³/mol. The average molecular weight is 299 g/mol. The molecule has 0 unspecified atom stereocenters. The Morgan fingerprint density at radius 3 is 2.85 bits per heavy atom. The maximum atomic E-state index is 12.0. The number of amides is 1. The number of halogens is 1. The molecule has 0 saturated heterocycles. The van der Waals surface area contributed by atoms with Gasteiger partial charge in [-0.2, -0.15) is 0 Å². The molecule has 1 fully saturated rings. The molecule has 1 aromatic carbocycles. The zero-order valence-electron chi connectivity index (χ0n) is 11.3. The van der Waals surface area contributed by atoms with Crippen LogP contribution in [-0.4, -0.2) is 26.8 Å². The van der Waals surface area contributed by atoms with Gasteiger partial charge in [0, 0.05) is 5.92 Å². The number of sulfonamides is 1. The average Bonchev–Trinajstić information content (AvgIpc) is 3.16. The third-order valence-corrected chi connectivity index (χ3v) is 4.74. The molecule has 4 nitrogen and oxygen atoms in total. The van der Waals surface area contributed by atoms with Crippen LogP contribution in [-0.2, 0) is 14.8 Å². The van der Waals surface area contributed by atoms with E-state index < -0.39 is 22.6 Å². The molecule has 0 radical (unpaired) electrons. The lowest BCUT2D eigenvalue weighted by atomic mass is 10.1. The molecule has 1 aliphatic rings. The van der Waals surface area contributed by atoms with Gasteiger partial charge >= 0.3 is 0 Å². The molecule has 1 amide bonds. The van der Waals surface area contributed by atoms with E-state index in [9.17, 15) is 17.6 Å². The lowest BCUT2D eigenvalue weighted by Gasteiger charge is -2.06. The highest BCUT2D eigenvalue weighted by atomic mass is 32.2. The summed E-state index contributed by atoms with van der Waals surface area (Å²) in [4.78, 5) is 11.9. The Hall–Kier alpha value is -1.43. The summed E-state index contributed by atoms with van der Waals surface area (Å²) in [7, 11) is -3.70. The highest BCUT2D eigenvalue weighted by molar-refractivity contribution is 7.90. The van der Waals surface area contributed by atoms with Crippen molar-refractivity contribution >= 4 is 15.9 Å². The Balaban J connectivity index is 1.93. The van der Waals surface area contributed by atoms with Crippen LogP contribution in [0.3, 0.4) is 0 Å². The van der Waals surface area contributed by atoms with Crippen molar-refractivity contribution < 1.29 is 17.6 Å². The van der Waals surface area contributed by atoms with Gasteiger partial charge < -0.3 is 0 Å². The number of carbonyl (C=O) groups excluding carboxylic acids is 1. The molecule has 1 N–H and O–H groups in total. The van der Waals surface area contributed by atoms with Crippen LogP contribution in [0.25, 0.3) is 0 Å². The van der Waals surface area contributed by atoms with Crippen molar-refractivity contribution in [1.29, 1.82) is 0 Å². The number of hydrogen-bond donors (Lipinski definition) is 1. The Labute approximate surface area is 118 Å². The van der Waals surface area contributed by atoms with Crippen LogP contribution in [0.15, 0.2) is 24.3 Å². The van der Waals surface area contributed by atoms with Crippen molar-refractivity contribution in [3.05, 3.63) is 35.4 Å². The van der Waals surface area contributed by atoms with Crippen LogP contribution in [0.4, 0.5) is 4.39 Å².